The Bertz CT molecular complexity index is 374. The zero-order valence-electron chi connectivity index (χ0n) is 11.5. The van der Waals surface area contributed by atoms with E-state index in [-0.39, 0.29) is 6.04 Å². The molecule has 1 aliphatic carbocycles. The number of ether oxygens (including phenoxy) is 1. The highest BCUT2D eigenvalue weighted by atomic mass is 16.5. The van der Waals surface area contributed by atoms with Crippen molar-refractivity contribution in [2.45, 2.75) is 45.7 Å². The van der Waals surface area contributed by atoms with Gasteiger partial charge in [-0.15, -0.1) is 5.10 Å². The van der Waals surface area contributed by atoms with Crippen molar-refractivity contribution in [3.63, 3.8) is 0 Å². The lowest BCUT2D eigenvalue weighted by Gasteiger charge is -2.17. The van der Waals surface area contributed by atoms with Crippen LogP contribution in [0.1, 0.15) is 45.0 Å². The maximum Gasteiger partial charge on any atom is 0.167 e. The predicted molar refractivity (Wildman–Crippen MR) is 68.1 cm³/mol. The Morgan fingerprint density at radius 3 is 2.89 bits per heavy atom. The molecule has 18 heavy (non-hydrogen) atoms. The molecule has 1 unspecified atom stereocenters. The summed E-state index contributed by atoms with van der Waals surface area (Å²) in [6.45, 7) is 6.84. The maximum absolute atomic E-state index is 5.18. The smallest absolute Gasteiger partial charge is 0.167 e. The molecule has 1 aliphatic rings. The summed E-state index contributed by atoms with van der Waals surface area (Å²) in [5, 5.41) is 15.4. The average molecular weight is 253 g/mol. The Kier molecular flexibility index (Phi) is 4.29. The van der Waals surface area contributed by atoms with Crippen LogP contribution in [0.3, 0.4) is 0 Å². The van der Waals surface area contributed by atoms with Gasteiger partial charge >= 0.3 is 0 Å². The second-order valence-electron chi connectivity index (χ2n) is 5.22. The van der Waals surface area contributed by atoms with E-state index in [4.69, 9.17) is 4.74 Å². The minimum atomic E-state index is 0.197. The van der Waals surface area contributed by atoms with Gasteiger partial charge in [-0.1, -0.05) is 6.92 Å². The highest BCUT2D eigenvalue weighted by Gasteiger charge is 2.43. The molecule has 1 fully saturated rings. The number of rotatable bonds is 8. The average Bonchev–Trinajstić information content (AvgIpc) is 2.96. The van der Waals surface area contributed by atoms with E-state index in [1.165, 1.54) is 12.8 Å². The molecular formula is C12H23N5O. The fraction of sp³-hybridized carbons (Fsp3) is 0.917. The van der Waals surface area contributed by atoms with Crippen LogP contribution in [0.4, 0.5) is 0 Å². The second kappa shape index (κ2) is 5.75. The zero-order chi connectivity index (χ0) is 13.0. The summed E-state index contributed by atoms with van der Waals surface area (Å²) in [5.41, 5.74) is 0.367. The van der Waals surface area contributed by atoms with E-state index in [0.29, 0.717) is 5.41 Å². The second-order valence-corrected chi connectivity index (χ2v) is 5.22. The van der Waals surface area contributed by atoms with Crippen LogP contribution in [-0.4, -0.2) is 40.5 Å². The standard InChI is InChI=1S/C12H23N5O/c1-4-13-10(2)11-14-15-16-17(11)9-12(5-6-12)7-8-18-3/h10,13H,4-9H2,1-3H3. The Morgan fingerprint density at radius 1 is 1.50 bits per heavy atom. The van der Waals surface area contributed by atoms with Crippen LogP contribution in [0, 0.1) is 5.41 Å². The monoisotopic (exact) mass is 253 g/mol. The number of methoxy groups -OCH3 is 1. The first-order valence-electron chi connectivity index (χ1n) is 6.69. The maximum atomic E-state index is 5.18. The van der Waals surface area contributed by atoms with E-state index in [2.05, 4.69) is 34.7 Å². The number of nitrogens with one attached hydrogen (secondary N) is 1. The van der Waals surface area contributed by atoms with E-state index in [1.807, 2.05) is 4.68 Å². The first-order chi connectivity index (χ1) is 8.71. The third-order valence-corrected chi connectivity index (χ3v) is 3.74. The quantitative estimate of drug-likeness (QED) is 0.753. The van der Waals surface area contributed by atoms with Crippen molar-refractivity contribution in [2.24, 2.45) is 5.41 Å². The van der Waals surface area contributed by atoms with Gasteiger partial charge in [0.2, 0.25) is 0 Å². The third-order valence-electron chi connectivity index (χ3n) is 3.74. The van der Waals surface area contributed by atoms with Crippen LogP contribution >= 0.6 is 0 Å². The molecule has 2 rings (SSSR count). The van der Waals surface area contributed by atoms with E-state index >= 15 is 0 Å². The van der Waals surface area contributed by atoms with Crippen molar-refractivity contribution in [2.75, 3.05) is 20.3 Å². The Labute approximate surface area is 108 Å². The van der Waals surface area contributed by atoms with E-state index in [0.717, 1.165) is 31.9 Å². The normalized spacial score (nSPS) is 18.8. The molecule has 1 aromatic rings. The van der Waals surface area contributed by atoms with E-state index in [9.17, 15) is 0 Å². The van der Waals surface area contributed by atoms with Gasteiger partial charge in [-0.2, -0.15) is 0 Å². The van der Waals surface area contributed by atoms with Crippen molar-refractivity contribution in [3.05, 3.63) is 5.82 Å². The van der Waals surface area contributed by atoms with E-state index in [1.54, 1.807) is 7.11 Å². The summed E-state index contributed by atoms with van der Waals surface area (Å²) in [6.07, 6.45) is 3.61. The molecule has 1 aromatic heterocycles. The molecule has 102 valence electrons. The van der Waals surface area contributed by atoms with Gasteiger partial charge in [-0.3, -0.25) is 0 Å². The lowest BCUT2D eigenvalue weighted by atomic mass is 10.0. The van der Waals surface area contributed by atoms with E-state index < -0.39 is 0 Å². The molecule has 1 N–H and O–H groups in total. The molecule has 0 saturated heterocycles. The zero-order valence-corrected chi connectivity index (χ0v) is 11.5. The minimum absolute atomic E-state index is 0.197. The molecule has 1 atom stereocenters. The van der Waals surface area contributed by atoms with Crippen LogP contribution in [0.15, 0.2) is 0 Å². The lowest BCUT2D eigenvalue weighted by Crippen LogP contribution is -2.24. The third kappa shape index (κ3) is 3.05. The van der Waals surface area contributed by atoms with Crippen molar-refractivity contribution in [1.82, 2.24) is 25.5 Å². The molecule has 0 radical (unpaired) electrons. The number of aromatic nitrogens is 4. The summed E-state index contributed by atoms with van der Waals surface area (Å²) < 4.78 is 7.13. The topological polar surface area (TPSA) is 64.9 Å². The molecule has 0 aliphatic heterocycles. The lowest BCUT2D eigenvalue weighted by molar-refractivity contribution is 0.164. The molecule has 1 heterocycles. The van der Waals surface area contributed by atoms with Gasteiger partial charge in [0.25, 0.3) is 0 Å². The van der Waals surface area contributed by atoms with Gasteiger partial charge in [0.15, 0.2) is 5.82 Å². The van der Waals surface area contributed by atoms with Gasteiger partial charge < -0.3 is 10.1 Å². The van der Waals surface area contributed by atoms with Gasteiger partial charge in [-0.25, -0.2) is 4.68 Å². The van der Waals surface area contributed by atoms with Gasteiger partial charge in [0.1, 0.15) is 0 Å². The van der Waals surface area contributed by atoms with Crippen LogP contribution in [0.5, 0.6) is 0 Å². The van der Waals surface area contributed by atoms with Gasteiger partial charge in [0, 0.05) is 13.7 Å². The molecule has 6 heteroatoms. The number of nitrogens with zero attached hydrogens (tertiary/aromatic N) is 4. The molecule has 1 saturated carbocycles. The summed E-state index contributed by atoms with van der Waals surface area (Å²) in [7, 11) is 1.76. The largest absolute Gasteiger partial charge is 0.385 e. The molecule has 0 amide bonds. The van der Waals surface area contributed by atoms with Crippen molar-refractivity contribution >= 4 is 0 Å². The fourth-order valence-electron chi connectivity index (χ4n) is 2.33. The van der Waals surface area contributed by atoms with Crippen LogP contribution in [0.2, 0.25) is 0 Å². The number of tetrazole rings is 1. The summed E-state index contributed by atoms with van der Waals surface area (Å²) >= 11 is 0. The molecule has 0 spiro atoms. The number of hydrogen-bond acceptors (Lipinski definition) is 5. The molecule has 0 aromatic carbocycles. The summed E-state index contributed by atoms with van der Waals surface area (Å²) in [5.74, 6) is 0.931. The SMILES string of the molecule is CCNC(C)c1nnnn1CC1(CCOC)CC1. The van der Waals surface area contributed by atoms with Crippen molar-refractivity contribution < 1.29 is 4.74 Å². The highest BCUT2D eigenvalue weighted by Crippen LogP contribution is 2.50. The highest BCUT2D eigenvalue weighted by molar-refractivity contribution is 4.97. The number of hydrogen-bond donors (Lipinski definition) is 1. The summed E-state index contributed by atoms with van der Waals surface area (Å²) in [4.78, 5) is 0. The fourth-order valence-corrected chi connectivity index (χ4v) is 2.33. The first kappa shape index (κ1) is 13.4. The van der Waals surface area contributed by atoms with Crippen molar-refractivity contribution in [1.29, 1.82) is 0 Å². The Morgan fingerprint density at radius 2 is 2.28 bits per heavy atom. The van der Waals surface area contributed by atoms with Crippen LogP contribution < -0.4 is 5.32 Å². The van der Waals surface area contributed by atoms with Crippen LogP contribution in [0.25, 0.3) is 0 Å². The first-order valence-corrected chi connectivity index (χ1v) is 6.69. The Hall–Kier alpha value is -1.01. The van der Waals surface area contributed by atoms with Crippen LogP contribution in [-0.2, 0) is 11.3 Å². The Balaban J connectivity index is 1.99. The van der Waals surface area contributed by atoms with Gasteiger partial charge in [0.05, 0.1) is 12.6 Å². The van der Waals surface area contributed by atoms with Gasteiger partial charge in [-0.05, 0) is 48.6 Å². The molecule has 6 nitrogen and oxygen atoms in total. The molecular weight excluding hydrogens is 230 g/mol. The van der Waals surface area contributed by atoms with Crippen molar-refractivity contribution in [3.8, 4) is 0 Å². The predicted octanol–water partition coefficient (Wildman–Crippen LogP) is 1.16. The molecule has 0 bridgehead atoms. The summed E-state index contributed by atoms with van der Waals surface area (Å²) in [6, 6.07) is 0.197. The minimum Gasteiger partial charge on any atom is -0.385 e.